The first-order valence-corrected chi connectivity index (χ1v) is 16.1. The summed E-state index contributed by atoms with van der Waals surface area (Å²) in [6, 6.07) is 29.3. The average Bonchev–Trinajstić information content (AvgIpc) is 3.35. The molecule has 0 fully saturated rings. The molecule has 5 nitrogen and oxygen atoms in total. The molecule has 1 aliphatic carbocycles. The van der Waals surface area contributed by atoms with Gasteiger partial charge in [0.05, 0.1) is 22.9 Å². The molecule has 0 spiro atoms. The van der Waals surface area contributed by atoms with Gasteiger partial charge in [0.2, 0.25) is 0 Å². The zero-order chi connectivity index (χ0) is 30.2. The van der Waals surface area contributed by atoms with E-state index in [1.807, 2.05) is 84.3 Å². The van der Waals surface area contributed by atoms with Gasteiger partial charge in [-0.2, -0.15) is 0 Å². The molecular formula is C36H28Cl2N2O3S. The lowest BCUT2D eigenvalue weighted by molar-refractivity contribution is 0.269. The molecule has 7 rings (SSSR count). The van der Waals surface area contributed by atoms with Gasteiger partial charge in [0, 0.05) is 15.6 Å². The van der Waals surface area contributed by atoms with Crippen molar-refractivity contribution in [3.05, 3.63) is 154 Å². The number of ether oxygens (including phenoxy) is 2. The van der Waals surface area contributed by atoms with Crippen LogP contribution < -0.4 is 24.4 Å². The van der Waals surface area contributed by atoms with E-state index in [1.54, 1.807) is 0 Å². The first-order chi connectivity index (χ1) is 21.5. The SMILES string of the molecule is CCOc1cc(/C=c2/sc3n(c2=O)C(c2ccc(Cl)cc2)C2=C(N=3)c3ccccc3CC2)ccc1OCc1ccc(Cl)cc1. The number of aromatic nitrogens is 1. The number of nitrogens with zero attached hydrogens (tertiary/aromatic N) is 2. The Morgan fingerprint density at radius 3 is 2.43 bits per heavy atom. The van der Waals surface area contributed by atoms with Gasteiger partial charge in [-0.25, -0.2) is 4.99 Å². The predicted octanol–water partition coefficient (Wildman–Crippen LogP) is 7.60. The van der Waals surface area contributed by atoms with Gasteiger partial charge in [-0.1, -0.05) is 89.1 Å². The first kappa shape index (κ1) is 28.7. The maximum atomic E-state index is 14.1. The Morgan fingerprint density at radius 2 is 1.66 bits per heavy atom. The molecule has 0 amide bonds. The fraction of sp³-hybridized carbons (Fsp3) is 0.167. The van der Waals surface area contributed by atoms with Crippen molar-refractivity contribution in [3.8, 4) is 11.5 Å². The van der Waals surface area contributed by atoms with Crippen LogP contribution in [0.4, 0.5) is 0 Å². The topological polar surface area (TPSA) is 52.8 Å². The molecule has 0 saturated carbocycles. The van der Waals surface area contributed by atoms with E-state index >= 15 is 0 Å². The van der Waals surface area contributed by atoms with Gasteiger partial charge >= 0.3 is 0 Å². The molecule has 44 heavy (non-hydrogen) atoms. The maximum Gasteiger partial charge on any atom is 0.271 e. The van der Waals surface area contributed by atoms with Gasteiger partial charge in [-0.3, -0.25) is 9.36 Å². The molecule has 1 aliphatic heterocycles. The van der Waals surface area contributed by atoms with E-state index in [9.17, 15) is 4.79 Å². The smallest absolute Gasteiger partial charge is 0.271 e. The average molecular weight is 640 g/mol. The lowest BCUT2D eigenvalue weighted by atomic mass is 9.83. The van der Waals surface area contributed by atoms with Gasteiger partial charge in [0.15, 0.2) is 16.3 Å². The molecule has 0 N–H and O–H groups in total. The number of fused-ring (bicyclic) bond motifs is 3. The van der Waals surface area contributed by atoms with Crippen molar-refractivity contribution in [2.45, 2.75) is 32.4 Å². The molecular weight excluding hydrogens is 611 g/mol. The molecule has 5 aromatic rings. The zero-order valence-electron chi connectivity index (χ0n) is 23.9. The van der Waals surface area contributed by atoms with Crippen molar-refractivity contribution in [3.63, 3.8) is 0 Å². The number of thiazole rings is 1. The second-order valence-electron chi connectivity index (χ2n) is 10.7. The van der Waals surface area contributed by atoms with Crippen molar-refractivity contribution in [1.82, 2.24) is 4.57 Å². The number of rotatable bonds is 7. The predicted molar refractivity (Wildman–Crippen MR) is 178 cm³/mol. The summed E-state index contributed by atoms with van der Waals surface area (Å²) in [4.78, 5) is 19.9. The second-order valence-corrected chi connectivity index (χ2v) is 12.6. The summed E-state index contributed by atoms with van der Waals surface area (Å²) in [6.07, 6.45) is 3.65. The monoisotopic (exact) mass is 638 g/mol. The van der Waals surface area contributed by atoms with Crippen LogP contribution in [-0.2, 0) is 13.0 Å². The molecule has 0 radical (unpaired) electrons. The third kappa shape index (κ3) is 5.50. The van der Waals surface area contributed by atoms with Crippen molar-refractivity contribution in [2.75, 3.05) is 6.61 Å². The normalized spacial score (nSPS) is 15.7. The van der Waals surface area contributed by atoms with Crippen molar-refractivity contribution in [2.24, 2.45) is 4.99 Å². The Bertz CT molecular complexity index is 2080. The largest absolute Gasteiger partial charge is 0.490 e. The fourth-order valence-electron chi connectivity index (χ4n) is 5.86. The Labute approximate surface area is 269 Å². The molecule has 4 aromatic carbocycles. The lowest BCUT2D eigenvalue weighted by Crippen LogP contribution is -2.38. The fourth-order valence-corrected chi connectivity index (χ4v) is 7.12. The van der Waals surface area contributed by atoms with Crippen LogP contribution in [0, 0.1) is 0 Å². The molecule has 2 aliphatic rings. The molecule has 2 heterocycles. The van der Waals surface area contributed by atoms with E-state index in [0.717, 1.165) is 46.4 Å². The number of allylic oxidation sites excluding steroid dienone is 1. The third-order valence-electron chi connectivity index (χ3n) is 7.93. The van der Waals surface area contributed by atoms with Gasteiger partial charge in [-0.05, 0) is 90.1 Å². The maximum absolute atomic E-state index is 14.1. The summed E-state index contributed by atoms with van der Waals surface area (Å²) in [5.74, 6) is 1.25. The second kappa shape index (κ2) is 12.1. The lowest BCUT2D eigenvalue weighted by Gasteiger charge is -2.30. The Kier molecular flexibility index (Phi) is 7.89. The minimum Gasteiger partial charge on any atom is -0.490 e. The van der Waals surface area contributed by atoms with Crippen LogP contribution >= 0.6 is 34.5 Å². The van der Waals surface area contributed by atoms with Crippen LogP contribution in [-0.4, -0.2) is 11.2 Å². The van der Waals surface area contributed by atoms with Crippen molar-refractivity contribution >= 4 is 46.3 Å². The van der Waals surface area contributed by atoms with Crippen LogP contribution in [0.3, 0.4) is 0 Å². The highest BCUT2D eigenvalue weighted by Crippen LogP contribution is 2.41. The van der Waals surface area contributed by atoms with Crippen molar-refractivity contribution in [1.29, 1.82) is 0 Å². The molecule has 1 atom stereocenters. The highest BCUT2D eigenvalue weighted by Gasteiger charge is 2.32. The van der Waals surface area contributed by atoms with E-state index in [2.05, 4.69) is 24.3 Å². The van der Waals surface area contributed by atoms with Crippen LogP contribution in [0.2, 0.25) is 10.0 Å². The van der Waals surface area contributed by atoms with E-state index in [0.29, 0.717) is 44.1 Å². The summed E-state index contributed by atoms with van der Waals surface area (Å²) in [5.41, 5.74) is 7.35. The highest BCUT2D eigenvalue weighted by atomic mass is 35.5. The minimum absolute atomic E-state index is 0.0693. The Hall–Kier alpha value is -4.10. The molecule has 1 unspecified atom stereocenters. The minimum atomic E-state index is -0.253. The van der Waals surface area contributed by atoms with E-state index in [4.69, 9.17) is 37.7 Å². The van der Waals surface area contributed by atoms with E-state index in [-0.39, 0.29) is 11.6 Å². The number of hydrogen-bond donors (Lipinski definition) is 0. The third-order valence-corrected chi connectivity index (χ3v) is 9.42. The Balaban J connectivity index is 1.30. The van der Waals surface area contributed by atoms with E-state index in [1.165, 1.54) is 16.9 Å². The first-order valence-electron chi connectivity index (χ1n) is 14.5. The quantitative estimate of drug-likeness (QED) is 0.184. The van der Waals surface area contributed by atoms with Crippen LogP contribution in [0.15, 0.2) is 106 Å². The van der Waals surface area contributed by atoms with Gasteiger partial charge < -0.3 is 9.47 Å². The number of halogens is 2. The standard InChI is InChI=1S/C36H28Cl2N2O3S/c1-2-42-31-19-23(9-18-30(31)43-21-22-7-13-26(37)14-8-22)20-32-35(41)40-34(25-10-15-27(38)16-11-25)29-17-12-24-5-3-4-6-28(24)33(29)39-36(40)44-32/h3-11,13-16,18-20,34H,2,12,17,21H2,1H3/b32-20+. The summed E-state index contributed by atoms with van der Waals surface area (Å²) in [6.45, 7) is 2.80. The summed E-state index contributed by atoms with van der Waals surface area (Å²) in [7, 11) is 0. The molecule has 0 saturated heterocycles. The molecule has 8 heteroatoms. The zero-order valence-corrected chi connectivity index (χ0v) is 26.3. The summed E-state index contributed by atoms with van der Waals surface area (Å²) >= 11 is 13.7. The van der Waals surface area contributed by atoms with Gasteiger partial charge in [-0.15, -0.1) is 0 Å². The molecule has 0 bridgehead atoms. The number of hydrogen-bond acceptors (Lipinski definition) is 5. The van der Waals surface area contributed by atoms with Gasteiger partial charge in [0.25, 0.3) is 5.56 Å². The summed E-state index contributed by atoms with van der Waals surface area (Å²) in [5, 5.41) is 1.35. The van der Waals surface area contributed by atoms with Crippen LogP contribution in [0.5, 0.6) is 11.5 Å². The molecule has 1 aromatic heterocycles. The van der Waals surface area contributed by atoms with Crippen LogP contribution in [0.25, 0.3) is 11.8 Å². The number of benzene rings is 4. The summed E-state index contributed by atoms with van der Waals surface area (Å²) < 4.78 is 14.5. The van der Waals surface area contributed by atoms with Gasteiger partial charge in [0.1, 0.15) is 6.61 Å². The van der Waals surface area contributed by atoms with E-state index < -0.39 is 0 Å². The Morgan fingerprint density at radius 1 is 0.909 bits per heavy atom. The molecule has 220 valence electrons. The highest BCUT2D eigenvalue weighted by molar-refractivity contribution is 7.07. The number of aryl methyl sites for hydroxylation is 1. The van der Waals surface area contributed by atoms with Crippen molar-refractivity contribution < 1.29 is 9.47 Å². The van der Waals surface area contributed by atoms with Crippen LogP contribution in [0.1, 0.15) is 47.2 Å².